The van der Waals surface area contributed by atoms with Gasteiger partial charge in [-0.15, -0.1) is 0 Å². The Kier molecular flexibility index (Phi) is 23.2. The van der Waals surface area contributed by atoms with Crippen molar-refractivity contribution in [2.75, 3.05) is 120 Å². The predicted molar refractivity (Wildman–Crippen MR) is 201 cm³/mol. The number of hydrogen-bond acceptors (Lipinski definition) is 16. The largest absolute Gasteiger partial charge is 0.469 e. The second-order valence-electron chi connectivity index (χ2n) is 13.2. The first-order chi connectivity index (χ1) is 26.5. The molecule has 0 aromatic heterocycles. The quantitative estimate of drug-likeness (QED) is 0.0611. The second kappa shape index (κ2) is 27.3. The Balaban J connectivity index is 1.91. The molecule has 312 valence electrons. The number of esters is 4. The van der Waals surface area contributed by atoms with Gasteiger partial charge >= 0.3 is 23.9 Å². The fourth-order valence-corrected chi connectivity index (χ4v) is 6.19. The normalized spacial score (nSPS) is 14.9. The maximum Gasteiger partial charge on any atom is 0.306 e. The fourth-order valence-electron chi connectivity index (χ4n) is 6.19. The third-order valence-electron chi connectivity index (χ3n) is 9.48. The molecule has 55 heavy (non-hydrogen) atoms. The zero-order valence-electron chi connectivity index (χ0n) is 33.1. The minimum absolute atomic E-state index is 0.0598. The Hall–Kier alpha value is -4.36. The molecule has 1 saturated heterocycles. The minimum Gasteiger partial charge on any atom is -0.469 e. The summed E-state index contributed by atoms with van der Waals surface area (Å²) in [5, 5.41) is 8.81. The standard InChI is InChI=1S/C36H62N8O11/c1-52-32(47)10-21-42(22-11-33(48)53-2)25-15-38-30(45)8-19-41(27-17-40-36(51)28-6-7-29-37-14-5-18-44(28)29)20-9-31(46)39-16-26-43(23-12-34(49)54-3)24-13-35(50)55-4/h28H,5-27H2,1-4H3,(H,38,45)(H,39,46)(H,40,51). The first-order valence-electron chi connectivity index (χ1n) is 19.0. The van der Waals surface area contributed by atoms with Crippen molar-refractivity contribution in [3.63, 3.8) is 0 Å². The SMILES string of the molecule is COC(=O)CCN(CCNC(=O)CCN(CCNC(=O)C1CCC2=NCCCN21)CCC(=O)NCCN(CCC(=O)OC)CCC(=O)OC)CCC(=O)OC. The van der Waals surface area contributed by atoms with Crippen LogP contribution in [0.2, 0.25) is 0 Å². The van der Waals surface area contributed by atoms with Crippen LogP contribution in [-0.4, -0.2) is 193 Å². The van der Waals surface area contributed by atoms with Gasteiger partial charge in [-0.1, -0.05) is 0 Å². The van der Waals surface area contributed by atoms with Gasteiger partial charge in [0.2, 0.25) is 17.7 Å². The van der Waals surface area contributed by atoms with E-state index < -0.39 is 0 Å². The van der Waals surface area contributed by atoms with Crippen LogP contribution in [0.15, 0.2) is 4.99 Å². The molecule has 0 saturated carbocycles. The van der Waals surface area contributed by atoms with Gasteiger partial charge in [-0.3, -0.25) is 38.6 Å². The Morgan fingerprint density at radius 3 is 1.36 bits per heavy atom. The van der Waals surface area contributed by atoms with E-state index in [-0.39, 0.29) is 86.2 Å². The molecule has 2 aliphatic heterocycles. The summed E-state index contributed by atoms with van der Waals surface area (Å²) < 4.78 is 18.9. The van der Waals surface area contributed by atoms with Gasteiger partial charge in [0, 0.05) is 111 Å². The molecule has 1 fully saturated rings. The molecule has 1 atom stereocenters. The second-order valence-corrected chi connectivity index (χ2v) is 13.2. The summed E-state index contributed by atoms with van der Waals surface area (Å²) in [7, 11) is 5.23. The zero-order chi connectivity index (χ0) is 40.4. The number of carbonyl (C=O) groups excluding carboxylic acids is 7. The van der Waals surface area contributed by atoms with Gasteiger partial charge in [-0.2, -0.15) is 0 Å². The molecule has 2 heterocycles. The number of nitrogens with zero attached hydrogens (tertiary/aromatic N) is 5. The molecule has 3 N–H and O–H groups in total. The van der Waals surface area contributed by atoms with Gasteiger partial charge in [0.05, 0.1) is 60.0 Å². The summed E-state index contributed by atoms with van der Waals surface area (Å²) in [5.74, 6) is -0.984. The highest BCUT2D eigenvalue weighted by Crippen LogP contribution is 2.23. The first-order valence-corrected chi connectivity index (χ1v) is 19.0. The third-order valence-corrected chi connectivity index (χ3v) is 9.48. The lowest BCUT2D eigenvalue weighted by Gasteiger charge is -2.29. The summed E-state index contributed by atoms with van der Waals surface area (Å²) in [4.78, 5) is 97.9. The first kappa shape index (κ1) is 46.8. The topological polar surface area (TPSA) is 218 Å². The predicted octanol–water partition coefficient (Wildman–Crippen LogP) is -1.46. The maximum absolute atomic E-state index is 13.1. The van der Waals surface area contributed by atoms with Crippen molar-refractivity contribution in [2.45, 2.75) is 63.8 Å². The van der Waals surface area contributed by atoms with Crippen molar-refractivity contribution in [3.05, 3.63) is 0 Å². The molecule has 19 nitrogen and oxygen atoms in total. The minimum atomic E-state index is -0.376. The summed E-state index contributed by atoms with van der Waals surface area (Å²) >= 11 is 0. The molecule has 0 bridgehead atoms. The third kappa shape index (κ3) is 19.7. The van der Waals surface area contributed by atoms with Crippen LogP contribution >= 0.6 is 0 Å². The number of methoxy groups -OCH3 is 4. The van der Waals surface area contributed by atoms with E-state index in [0.717, 1.165) is 38.2 Å². The van der Waals surface area contributed by atoms with Crippen LogP contribution in [-0.2, 0) is 52.5 Å². The smallest absolute Gasteiger partial charge is 0.306 e. The molecule has 19 heteroatoms. The highest BCUT2D eigenvalue weighted by molar-refractivity contribution is 5.93. The average Bonchev–Trinajstić information content (AvgIpc) is 3.63. The maximum atomic E-state index is 13.1. The van der Waals surface area contributed by atoms with E-state index in [4.69, 9.17) is 18.9 Å². The number of rotatable bonds is 28. The summed E-state index contributed by atoms with van der Waals surface area (Å²) in [6.45, 7) is 5.85. The van der Waals surface area contributed by atoms with Gasteiger partial charge in [-0.25, -0.2) is 0 Å². The van der Waals surface area contributed by atoms with Crippen LogP contribution in [0.4, 0.5) is 0 Å². The van der Waals surface area contributed by atoms with E-state index in [2.05, 4.69) is 25.8 Å². The van der Waals surface area contributed by atoms with E-state index in [1.54, 1.807) is 0 Å². The van der Waals surface area contributed by atoms with E-state index in [0.29, 0.717) is 78.5 Å². The summed E-state index contributed by atoms with van der Waals surface area (Å²) in [6, 6.07) is -0.247. The molecule has 1 unspecified atom stereocenters. The van der Waals surface area contributed by atoms with E-state index in [1.165, 1.54) is 28.4 Å². The van der Waals surface area contributed by atoms with Crippen LogP contribution in [0.3, 0.4) is 0 Å². The van der Waals surface area contributed by atoms with Crippen molar-refractivity contribution in [1.82, 2.24) is 35.6 Å². The van der Waals surface area contributed by atoms with Crippen LogP contribution in [0.25, 0.3) is 0 Å². The molecule has 0 aliphatic carbocycles. The zero-order valence-corrected chi connectivity index (χ0v) is 33.1. The lowest BCUT2D eigenvalue weighted by atomic mass is 10.2. The van der Waals surface area contributed by atoms with Crippen LogP contribution in [0.1, 0.15) is 57.8 Å². The van der Waals surface area contributed by atoms with Crippen molar-refractivity contribution >= 4 is 47.4 Å². The van der Waals surface area contributed by atoms with Crippen LogP contribution in [0.5, 0.6) is 0 Å². The number of aliphatic imine (C=N–C) groups is 1. The van der Waals surface area contributed by atoms with Crippen molar-refractivity contribution in [2.24, 2.45) is 4.99 Å². The van der Waals surface area contributed by atoms with Crippen molar-refractivity contribution < 1.29 is 52.5 Å². The molecule has 0 radical (unpaired) electrons. The van der Waals surface area contributed by atoms with Gasteiger partial charge < -0.3 is 54.5 Å². The van der Waals surface area contributed by atoms with Gasteiger partial charge in [0.15, 0.2) is 0 Å². The molecule has 3 amide bonds. The fraction of sp³-hybridized carbons (Fsp3) is 0.778. The van der Waals surface area contributed by atoms with Crippen molar-refractivity contribution in [1.29, 1.82) is 0 Å². The number of amides is 3. The van der Waals surface area contributed by atoms with Gasteiger partial charge in [0.25, 0.3) is 0 Å². The molecule has 0 aromatic rings. The van der Waals surface area contributed by atoms with Crippen molar-refractivity contribution in [3.8, 4) is 0 Å². The number of fused-ring (bicyclic) bond motifs is 1. The Morgan fingerprint density at radius 1 is 0.582 bits per heavy atom. The molecular formula is C36H62N8O11. The summed E-state index contributed by atoms with van der Waals surface area (Å²) in [5.41, 5.74) is 0. The number of amidine groups is 1. The van der Waals surface area contributed by atoms with E-state index in [9.17, 15) is 33.6 Å². The molecule has 2 aliphatic rings. The Morgan fingerprint density at radius 2 is 0.964 bits per heavy atom. The number of carbonyl (C=O) groups is 7. The molecule has 0 spiro atoms. The lowest BCUT2D eigenvalue weighted by molar-refractivity contribution is -0.142. The van der Waals surface area contributed by atoms with Gasteiger partial charge in [-0.05, 0) is 12.8 Å². The molecular weight excluding hydrogens is 720 g/mol. The number of hydrogen-bond donors (Lipinski definition) is 3. The summed E-state index contributed by atoms with van der Waals surface area (Å²) in [6.07, 6.45) is 3.28. The van der Waals surface area contributed by atoms with Crippen LogP contribution in [0, 0.1) is 0 Å². The van der Waals surface area contributed by atoms with E-state index >= 15 is 0 Å². The Bertz CT molecular complexity index is 1180. The Labute approximate surface area is 324 Å². The number of nitrogens with one attached hydrogen (secondary N) is 3. The van der Waals surface area contributed by atoms with E-state index in [1.807, 2.05) is 14.7 Å². The highest BCUT2D eigenvalue weighted by atomic mass is 16.5. The molecule has 2 rings (SSSR count). The van der Waals surface area contributed by atoms with Gasteiger partial charge in [0.1, 0.15) is 6.04 Å². The van der Waals surface area contributed by atoms with Crippen LogP contribution < -0.4 is 16.0 Å². The lowest BCUT2D eigenvalue weighted by Crippen LogP contribution is -2.48. The number of ether oxygens (including phenoxy) is 4. The molecule has 0 aromatic carbocycles. The average molecular weight is 783 g/mol. The highest BCUT2D eigenvalue weighted by Gasteiger charge is 2.35. The monoisotopic (exact) mass is 782 g/mol.